The molecule has 15 nitrogen and oxygen atoms in total. The van der Waals surface area contributed by atoms with E-state index in [-0.39, 0.29) is 37.2 Å². The second-order valence-corrected chi connectivity index (χ2v) is 9.54. The quantitative estimate of drug-likeness (QED) is 0.103. The molecule has 226 valence electrons. The highest BCUT2D eigenvalue weighted by atomic mass is 16.4. The standard InChI is InChI=1S/C27H34N6O9/c28-18(11-14-1-5-16(34)6-2-14)24(38)32-20(12-15-3-7-17(35)8-4-15)26(40)31-19(9-10-22(29)36)25(39)33-21(27(41)42)13-23(30)37/h1-8,18-21,34-35H,9-13,28H2,(H2,29,36)(H2,30,37)(H,31,40)(H,32,38)(H,33,39)(H,41,42)/t18-,19-,20-,21-/m0/s1. The van der Waals surface area contributed by atoms with Crippen molar-refractivity contribution in [2.24, 2.45) is 17.2 Å². The Hall–Kier alpha value is -5.18. The number of carboxylic acid groups (broad SMARTS) is 1. The Balaban J connectivity index is 2.26. The van der Waals surface area contributed by atoms with Crippen LogP contribution in [0.15, 0.2) is 48.5 Å². The Morgan fingerprint density at radius 1 is 0.643 bits per heavy atom. The van der Waals surface area contributed by atoms with Crippen LogP contribution in [0.1, 0.15) is 30.4 Å². The molecule has 0 saturated heterocycles. The number of aromatic hydroxyl groups is 2. The molecular formula is C27H34N6O9. The van der Waals surface area contributed by atoms with Crippen LogP contribution in [-0.2, 0) is 41.6 Å². The lowest BCUT2D eigenvalue weighted by Crippen LogP contribution is -2.58. The third-order valence-electron chi connectivity index (χ3n) is 6.07. The van der Waals surface area contributed by atoms with Crippen LogP contribution in [0.25, 0.3) is 0 Å². The summed E-state index contributed by atoms with van der Waals surface area (Å²) >= 11 is 0. The Kier molecular flexibility index (Phi) is 12.2. The zero-order chi connectivity index (χ0) is 31.4. The van der Waals surface area contributed by atoms with Crippen LogP contribution in [0.5, 0.6) is 11.5 Å². The van der Waals surface area contributed by atoms with E-state index < -0.39 is 66.1 Å². The molecule has 0 heterocycles. The van der Waals surface area contributed by atoms with Gasteiger partial charge in [-0.1, -0.05) is 24.3 Å². The topological polar surface area (TPSA) is 277 Å². The summed E-state index contributed by atoms with van der Waals surface area (Å²) in [7, 11) is 0. The average Bonchev–Trinajstić information content (AvgIpc) is 2.91. The van der Waals surface area contributed by atoms with Gasteiger partial charge < -0.3 is 48.5 Å². The van der Waals surface area contributed by atoms with E-state index in [0.717, 1.165) is 0 Å². The smallest absolute Gasteiger partial charge is 0.326 e. The molecule has 0 radical (unpaired) electrons. The second kappa shape index (κ2) is 15.6. The van der Waals surface area contributed by atoms with E-state index in [1.54, 1.807) is 12.1 Å². The molecule has 2 rings (SSSR count). The number of hydrogen-bond acceptors (Lipinski definition) is 9. The Morgan fingerprint density at radius 3 is 1.57 bits per heavy atom. The van der Waals surface area contributed by atoms with Crippen molar-refractivity contribution in [1.29, 1.82) is 0 Å². The van der Waals surface area contributed by atoms with Crippen molar-refractivity contribution in [2.75, 3.05) is 0 Å². The first-order valence-electron chi connectivity index (χ1n) is 12.8. The van der Waals surface area contributed by atoms with Crippen LogP contribution >= 0.6 is 0 Å². The van der Waals surface area contributed by atoms with E-state index in [1.165, 1.54) is 36.4 Å². The van der Waals surface area contributed by atoms with Gasteiger partial charge in [-0.15, -0.1) is 0 Å². The molecule has 0 aliphatic rings. The molecule has 0 unspecified atom stereocenters. The van der Waals surface area contributed by atoms with E-state index in [2.05, 4.69) is 16.0 Å². The summed E-state index contributed by atoms with van der Waals surface area (Å²) in [5, 5.41) is 35.4. The van der Waals surface area contributed by atoms with E-state index in [1.807, 2.05) is 0 Å². The number of aliphatic carboxylic acids is 1. The van der Waals surface area contributed by atoms with E-state index >= 15 is 0 Å². The van der Waals surface area contributed by atoms with Gasteiger partial charge in [-0.2, -0.15) is 0 Å². The molecule has 0 saturated carbocycles. The largest absolute Gasteiger partial charge is 0.508 e. The average molecular weight is 587 g/mol. The van der Waals surface area contributed by atoms with Crippen molar-refractivity contribution in [1.82, 2.24) is 16.0 Å². The molecular weight excluding hydrogens is 552 g/mol. The summed E-state index contributed by atoms with van der Waals surface area (Å²) in [6.07, 6.45) is -1.45. The SMILES string of the molecule is NC(=O)CC[C@H](NC(=O)[C@H](Cc1ccc(O)cc1)NC(=O)[C@@H](N)Cc1ccc(O)cc1)C(=O)N[C@@H](CC(N)=O)C(=O)O. The molecule has 2 aromatic rings. The summed E-state index contributed by atoms with van der Waals surface area (Å²) < 4.78 is 0. The fourth-order valence-electron chi connectivity index (χ4n) is 3.84. The Labute approximate surface area is 240 Å². The number of nitrogens with one attached hydrogen (secondary N) is 3. The van der Waals surface area contributed by atoms with Crippen LogP contribution in [-0.4, -0.2) is 75.0 Å². The van der Waals surface area contributed by atoms with Gasteiger partial charge in [0.2, 0.25) is 29.5 Å². The van der Waals surface area contributed by atoms with Gasteiger partial charge in [-0.05, 0) is 48.2 Å². The van der Waals surface area contributed by atoms with Gasteiger partial charge in [0.1, 0.15) is 29.6 Å². The Bertz CT molecular complexity index is 1280. The molecule has 0 aliphatic carbocycles. The molecule has 0 bridgehead atoms. The first-order valence-corrected chi connectivity index (χ1v) is 12.8. The van der Waals surface area contributed by atoms with Crippen molar-refractivity contribution in [2.45, 2.75) is 56.3 Å². The lowest BCUT2D eigenvalue weighted by atomic mass is 10.0. The number of carbonyl (C=O) groups is 6. The number of amides is 5. The fraction of sp³-hybridized carbons (Fsp3) is 0.333. The van der Waals surface area contributed by atoms with E-state index in [9.17, 15) is 44.1 Å². The summed E-state index contributed by atoms with van der Waals surface area (Å²) in [4.78, 5) is 73.4. The highest BCUT2D eigenvalue weighted by Gasteiger charge is 2.31. The van der Waals surface area contributed by atoms with Crippen molar-refractivity contribution in [3.63, 3.8) is 0 Å². The normalized spacial score (nSPS) is 13.5. The maximum atomic E-state index is 13.4. The highest BCUT2D eigenvalue weighted by molar-refractivity contribution is 5.95. The van der Waals surface area contributed by atoms with Crippen LogP contribution in [0.4, 0.5) is 0 Å². The summed E-state index contributed by atoms with van der Waals surface area (Å²) in [5.41, 5.74) is 17.5. The van der Waals surface area contributed by atoms with Crippen molar-refractivity contribution < 1.29 is 44.1 Å². The number of phenols is 2. The van der Waals surface area contributed by atoms with Gasteiger partial charge in [0.05, 0.1) is 12.5 Å². The molecule has 42 heavy (non-hydrogen) atoms. The molecule has 0 aromatic heterocycles. The number of phenolic OH excluding ortho intramolecular Hbond substituents is 2. The van der Waals surface area contributed by atoms with Crippen LogP contribution in [0.2, 0.25) is 0 Å². The molecule has 5 amide bonds. The van der Waals surface area contributed by atoms with Crippen molar-refractivity contribution in [3.05, 3.63) is 59.7 Å². The van der Waals surface area contributed by atoms with E-state index in [4.69, 9.17) is 17.2 Å². The zero-order valence-electron chi connectivity index (χ0n) is 22.5. The summed E-state index contributed by atoms with van der Waals surface area (Å²) in [5.74, 6) is -5.98. The van der Waals surface area contributed by atoms with Crippen LogP contribution in [0, 0.1) is 0 Å². The minimum absolute atomic E-state index is 0.0293. The van der Waals surface area contributed by atoms with Gasteiger partial charge >= 0.3 is 5.97 Å². The van der Waals surface area contributed by atoms with Gasteiger partial charge in [-0.25, -0.2) is 4.79 Å². The number of hydrogen-bond donors (Lipinski definition) is 9. The molecule has 12 N–H and O–H groups in total. The predicted octanol–water partition coefficient (Wildman–Crippen LogP) is -2.11. The van der Waals surface area contributed by atoms with Gasteiger partial charge in [-0.3, -0.25) is 24.0 Å². The third-order valence-corrected chi connectivity index (χ3v) is 6.07. The minimum Gasteiger partial charge on any atom is -0.508 e. The number of carbonyl (C=O) groups excluding carboxylic acids is 5. The number of benzene rings is 2. The van der Waals surface area contributed by atoms with E-state index in [0.29, 0.717) is 11.1 Å². The molecule has 0 fully saturated rings. The fourth-order valence-corrected chi connectivity index (χ4v) is 3.84. The first kappa shape index (κ1) is 33.0. The lowest BCUT2D eigenvalue weighted by molar-refractivity contribution is -0.144. The Morgan fingerprint density at radius 2 is 1.10 bits per heavy atom. The van der Waals surface area contributed by atoms with Gasteiger partial charge in [0, 0.05) is 12.8 Å². The molecule has 15 heteroatoms. The third kappa shape index (κ3) is 11.1. The zero-order valence-corrected chi connectivity index (χ0v) is 22.5. The summed E-state index contributed by atoms with van der Waals surface area (Å²) in [6.45, 7) is 0. The monoisotopic (exact) mass is 586 g/mol. The second-order valence-electron chi connectivity index (χ2n) is 9.54. The predicted molar refractivity (Wildman–Crippen MR) is 147 cm³/mol. The van der Waals surface area contributed by atoms with Gasteiger partial charge in [0.25, 0.3) is 0 Å². The maximum absolute atomic E-state index is 13.4. The molecule has 4 atom stereocenters. The molecule has 2 aromatic carbocycles. The van der Waals surface area contributed by atoms with Gasteiger partial charge in [0.15, 0.2) is 0 Å². The lowest BCUT2D eigenvalue weighted by Gasteiger charge is -2.25. The summed E-state index contributed by atoms with van der Waals surface area (Å²) in [6, 6.07) is 6.18. The number of primary amides is 2. The molecule has 0 spiro atoms. The highest BCUT2D eigenvalue weighted by Crippen LogP contribution is 2.13. The number of rotatable bonds is 16. The van der Waals surface area contributed by atoms with Crippen molar-refractivity contribution >= 4 is 35.5 Å². The maximum Gasteiger partial charge on any atom is 0.326 e. The van der Waals surface area contributed by atoms with Crippen LogP contribution < -0.4 is 33.2 Å². The first-order chi connectivity index (χ1) is 19.7. The van der Waals surface area contributed by atoms with Crippen molar-refractivity contribution in [3.8, 4) is 11.5 Å². The van der Waals surface area contributed by atoms with Crippen LogP contribution in [0.3, 0.4) is 0 Å². The number of carboxylic acids is 1. The molecule has 0 aliphatic heterocycles. The minimum atomic E-state index is -1.70. The number of nitrogens with two attached hydrogens (primary N) is 3.